The highest BCUT2D eigenvalue weighted by Crippen LogP contribution is 2.40. The lowest BCUT2D eigenvalue weighted by molar-refractivity contribution is 0.0156. The zero-order valence-electron chi connectivity index (χ0n) is 10.9. The van der Waals surface area contributed by atoms with Crippen molar-refractivity contribution in [2.24, 2.45) is 0 Å². The Morgan fingerprint density at radius 2 is 2.17 bits per heavy atom. The van der Waals surface area contributed by atoms with Crippen molar-refractivity contribution in [2.45, 2.75) is 45.1 Å². The van der Waals surface area contributed by atoms with Crippen LogP contribution in [0.2, 0.25) is 0 Å². The second kappa shape index (κ2) is 5.41. The number of hydrogen-bond acceptors (Lipinski definition) is 2. The third-order valence-corrected chi connectivity index (χ3v) is 4.94. The Morgan fingerprint density at radius 3 is 2.94 bits per heavy atom. The van der Waals surface area contributed by atoms with Crippen molar-refractivity contribution in [3.05, 3.63) is 34.7 Å². The molecule has 1 aromatic carbocycles. The topological polar surface area (TPSA) is 9.23 Å². The smallest absolute Gasteiger partial charge is 0.0841 e. The summed E-state index contributed by atoms with van der Waals surface area (Å²) in [5, 5.41) is 1.43. The molecule has 1 aliphatic rings. The molecule has 0 aliphatic carbocycles. The molecule has 18 heavy (non-hydrogen) atoms. The van der Waals surface area contributed by atoms with E-state index in [4.69, 9.17) is 4.74 Å². The van der Waals surface area contributed by atoms with Crippen molar-refractivity contribution in [2.75, 3.05) is 6.61 Å². The van der Waals surface area contributed by atoms with Crippen LogP contribution in [0.5, 0.6) is 0 Å². The molecule has 2 heteroatoms. The minimum atomic E-state index is 0.344. The molecule has 1 fully saturated rings. The van der Waals surface area contributed by atoms with Crippen LogP contribution in [0.3, 0.4) is 0 Å². The Bertz CT molecular complexity index is 523. The number of aryl methyl sites for hydroxylation is 1. The standard InChI is InChI=1S/C16H20OS/c1-2-7-15-16(13-9-5-6-11-17-13)12-8-3-4-10-14(12)18-15/h3-4,8,10,13H,2,5-7,9,11H2,1H3. The number of ether oxygens (including phenoxy) is 1. The summed E-state index contributed by atoms with van der Waals surface area (Å²) in [6, 6.07) is 8.79. The van der Waals surface area contributed by atoms with Gasteiger partial charge < -0.3 is 4.74 Å². The van der Waals surface area contributed by atoms with Crippen molar-refractivity contribution in [1.82, 2.24) is 0 Å². The Labute approximate surface area is 113 Å². The highest BCUT2D eigenvalue weighted by atomic mass is 32.1. The summed E-state index contributed by atoms with van der Waals surface area (Å²) in [7, 11) is 0. The summed E-state index contributed by atoms with van der Waals surface area (Å²) in [5.41, 5.74) is 1.50. The summed E-state index contributed by atoms with van der Waals surface area (Å²) in [6.07, 6.45) is 6.47. The maximum absolute atomic E-state index is 6.02. The van der Waals surface area contributed by atoms with E-state index in [9.17, 15) is 0 Å². The third kappa shape index (κ3) is 2.19. The maximum Gasteiger partial charge on any atom is 0.0841 e. The van der Waals surface area contributed by atoms with Crippen LogP contribution in [0.15, 0.2) is 24.3 Å². The predicted octanol–water partition coefficient (Wildman–Crippen LogP) is 5.10. The molecule has 0 amide bonds. The van der Waals surface area contributed by atoms with Crippen LogP contribution in [-0.4, -0.2) is 6.61 Å². The van der Waals surface area contributed by atoms with Gasteiger partial charge in [-0.1, -0.05) is 31.5 Å². The van der Waals surface area contributed by atoms with Crippen molar-refractivity contribution in [3.63, 3.8) is 0 Å². The second-order valence-corrected chi connectivity index (χ2v) is 6.18. The Kier molecular flexibility index (Phi) is 3.67. The largest absolute Gasteiger partial charge is 0.373 e. The number of fused-ring (bicyclic) bond motifs is 1. The molecule has 0 radical (unpaired) electrons. The van der Waals surface area contributed by atoms with Gasteiger partial charge in [-0.2, -0.15) is 0 Å². The summed E-state index contributed by atoms with van der Waals surface area (Å²) in [6.45, 7) is 3.19. The summed E-state index contributed by atoms with van der Waals surface area (Å²) >= 11 is 1.96. The first-order valence-corrected chi connectivity index (χ1v) is 7.83. The van der Waals surface area contributed by atoms with Gasteiger partial charge in [0.15, 0.2) is 0 Å². The quantitative estimate of drug-likeness (QED) is 0.746. The summed E-state index contributed by atoms with van der Waals surface area (Å²) in [5.74, 6) is 0. The van der Waals surface area contributed by atoms with E-state index in [0.29, 0.717) is 6.10 Å². The summed E-state index contributed by atoms with van der Waals surface area (Å²) in [4.78, 5) is 1.55. The SMILES string of the molecule is CCCc1sc2ccccc2c1C1CCCCO1. The maximum atomic E-state index is 6.02. The monoisotopic (exact) mass is 260 g/mol. The fourth-order valence-corrected chi connectivity index (χ4v) is 4.21. The third-order valence-electron chi connectivity index (χ3n) is 3.69. The molecule has 1 aliphatic heterocycles. The van der Waals surface area contributed by atoms with Crippen molar-refractivity contribution in [3.8, 4) is 0 Å². The number of rotatable bonds is 3. The predicted molar refractivity (Wildman–Crippen MR) is 78.4 cm³/mol. The van der Waals surface area contributed by atoms with E-state index in [1.165, 1.54) is 47.8 Å². The normalized spacial score (nSPS) is 20.4. The van der Waals surface area contributed by atoms with E-state index in [1.54, 1.807) is 4.88 Å². The molecule has 1 atom stereocenters. The minimum Gasteiger partial charge on any atom is -0.373 e. The van der Waals surface area contributed by atoms with E-state index in [0.717, 1.165) is 6.61 Å². The van der Waals surface area contributed by atoms with Crippen LogP contribution in [0.25, 0.3) is 10.1 Å². The van der Waals surface area contributed by atoms with Crippen LogP contribution in [0, 0.1) is 0 Å². The molecule has 0 bridgehead atoms. The molecule has 96 valence electrons. The number of benzene rings is 1. The highest BCUT2D eigenvalue weighted by Gasteiger charge is 2.23. The van der Waals surface area contributed by atoms with Gasteiger partial charge in [-0.15, -0.1) is 11.3 Å². The zero-order chi connectivity index (χ0) is 12.4. The van der Waals surface area contributed by atoms with Gasteiger partial charge in [0.2, 0.25) is 0 Å². The molecule has 1 aromatic heterocycles. The van der Waals surface area contributed by atoms with Gasteiger partial charge in [0.1, 0.15) is 0 Å². The number of thiophene rings is 1. The van der Waals surface area contributed by atoms with Crippen molar-refractivity contribution < 1.29 is 4.74 Å². The molecule has 2 aromatic rings. The Balaban J connectivity index is 2.07. The molecular weight excluding hydrogens is 240 g/mol. The molecule has 2 heterocycles. The van der Waals surface area contributed by atoms with Gasteiger partial charge in [0, 0.05) is 21.7 Å². The molecule has 0 spiro atoms. The fourth-order valence-electron chi connectivity index (χ4n) is 2.85. The molecule has 1 nitrogen and oxygen atoms in total. The van der Waals surface area contributed by atoms with Gasteiger partial charge in [0.05, 0.1) is 6.10 Å². The molecule has 3 rings (SSSR count). The zero-order valence-corrected chi connectivity index (χ0v) is 11.8. The highest BCUT2D eigenvalue weighted by molar-refractivity contribution is 7.19. The van der Waals surface area contributed by atoms with E-state index in [-0.39, 0.29) is 0 Å². The molecular formula is C16H20OS. The molecule has 1 unspecified atom stereocenters. The van der Waals surface area contributed by atoms with Crippen LogP contribution >= 0.6 is 11.3 Å². The molecule has 0 N–H and O–H groups in total. The first kappa shape index (κ1) is 12.2. The lowest BCUT2D eigenvalue weighted by atomic mass is 9.97. The van der Waals surface area contributed by atoms with Gasteiger partial charge in [0.25, 0.3) is 0 Å². The molecule has 1 saturated heterocycles. The van der Waals surface area contributed by atoms with Crippen LogP contribution in [-0.2, 0) is 11.2 Å². The molecule has 0 saturated carbocycles. The first-order valence-electron chi connectivity index (χ1n) is 7.02. The van der Waals surface area contributed by atoms with Crippen LogP contribution in [0.1, 0.15) is 49.2 Å². The van der Waals surface area contributed by atoms with Gasteiger partial charge in [-0.05, 0) is 37.1 Å². The Hall–Kier alpha value is -0.860. The van der Waals surface area contributed by atoms with E-state index >= 15 is 0 Å². The van der Waals surface area contributed by atoms with E-state index in [1.807, 2.05) is 11.3 Å². The van der Waals surface area contributed by atoms with Gasteiger partial charge in [-0.25, -0.2) is 0 Å². The van der Waals surface area contributed by atoms with Crippen molar-refractivity contribution >= 4 is 21.4 Å². The van der Waals surface area contributed by atoms with E-state index < -0.39 is 0 Å². The lowest BCUT2D eigenvalue weighted by Crippen LogP contribution is -2.12. The average Bonchev–Trinajstić information content (AvgIpc) is 2.78. The lowest BCUT2D eigenvalue weighted by Gasteiger charge is -2.23. The van der Waals surface area contributed by atoms with Crippen LogP contribution in [0.4, 0.5) is 0 Å². The van der Waals surface area contributed by atoms with Gasteiger partial charge >= 0.3 is 0 Å². The summed E-state index contributed by atoms with van der Waals surface area (Å²) < 4.78 is 7.45. The fraction of sp³-hybridized carbons (Fsp3) is 0.500. The minimum absolute atomic E-state index is 0.344. The van der Waals surface area contributed by atoms with E-state index in [2.05, 4.69) is 31.2 Å². The van der Waals surface area contributed by atoms with Crippen molar-refractivity contribution in [1.29, 1.82) is 0 Å². The average molecular weight is 260 g/mol. The second-order valence-electron chi connectivity index (χ2n) is 5.04. The first-order chi connectivity index (χ1) is 8.90. The van der Waals surface area contributed by atoms with Gasteiger partial charge in [-0.3, -0.25) is 0 Å². The number of hydrogen-bond donors (Lipinski definition) is 0. The van der Waals surface area contributed by atoms with Crippen LogP contribution < -0.4 is 0 Å². The Morgan fingerprint density at radius 1 is 1.28 bits per heavy atom.